The molecule has 3 nitrogen and oxygen atoms in total. The topological polar surface area (TPSA) is 37.3 Å². The number of nitrogens with zero attached hydrogens (tertiary/aromatic N) is 2. The van der Waals surface area contributed by atoms with Crippen LogP contribution in [-0.2, 0) is 0 Å². The van der Waals surface area contributed by atoms with E-state index in [0.29, 0.717) is 5.02 Å². The highest BCUT2D eigenvalue weighted by Gasteiger charge is 2.02. The van der Waals surface area contributed by atoms with E-state index in [2.05, 4.69) is 15.5 Å². The van der Waals surface area contributed by atoms with Gasteiger partial charge >= 0.3 is 0 Å². The van der Waals surface area contributed by atoms with Crippen molar-refractivity contribution in [1.82, 2.24) is 4.98 Å². The maximum Gasteiger partial charge on any atom is 0.0791 e. The SMILES string of the molecule is Clc1cc(C=NNc2ccccc2)c2ncccc2c1. The summed E-state index contributed by atoms with van der Waals surface area (Å²) < 4.78 is 0. The normalized spacial score (nSPS) is 11.1. The Balaban J connectivity index is 1.90. The highest BCUT2D eigenvalue weighted by molar-refractivity contribution is 6.31. The maximum absolute atomic E-state index is 6.11. The minimum Gasteiger partial charge on any atom is -0.279 e. The molecule has 0 aliphatic carbocycles. The van der Waals surface area contributed by atoms with Crippen LogP contribution in [0.25, 0.3) is 10.9 Å². The van der Waals surface area contributed by atoms with Crippen molar-refractivity contribution < 1.29 is 0 Å². The second-order valence-electron chi connectivity index (χ2n) is 4.31. The van der Waals surface area contributed by atoms with Crippen LogP contribution in [0.2, 0.25) is 5.02 Å². The summed E-state index contributed by atoms with van der Waals surface area (Å²) >= 11 is 6.11. The zero-order valence-electron chi connectivity index (χ0n) is 10.6. The Morgan fingerprint density at radius 3 is 2.75 bits per heavy atom. The Bertz CT molecular complexity index is 754. The number of benzene rings is 2. The Morgan fingerprint density at radius 1 is 1.05 bits per heavy atom. The van der Waals surface area contributed by atoms with E-state index in [9.17, 15) is 0 Å². The van der Waals surface area contributed by atoms with Crippen LogP contribution in [0, 0.1) is 0 Å². The number of nitrogens with one attached hydrogen (secondary N) is 1. The summed E-state index contributed by atoms with van der Waals surface area (Å²) in [5, 5.41) is 5.90. The van der Waals surface area contributed by atoms with Gasteiger partial charge in [0.05, 0.1) is 17.4 Å². The molecule has 20 heavy (non-hydrogen) atoms. The molecule has 0 bridgehead atoms. The molecule has 1 aromatic heterocycles. The molecule has 2 aromatic carbocycles. The Hall–Kier alpha value is -2.39. The summed E-state index contributed by atoms with van der Waals surface area (Å²) in [5.41, 5.74) is 5.68. The molecule has 1 N–H and O–H groups in total. The number of hydrogen-bond acceptors (Lipinski definition) is 3. The van der Waals surface area contributed by atoms with Crippen LogP contribution in [-0.4, -0.2) is 11.2 Å². The van der Waals surface area contributed by atoms with E-state index in [4.69, 9.17) is 11.6 Å². The minimum absolute atomic E-state index is 0.673. The largest absolute Gasteiger partial charge is 0.279 e. The smallest absolute Gasteiger partial charge is 0.0791 e. The fourth-order valence-corrected chi connectivity index (χ4v) is 2.21. The third-order valence-electron chi connectivity index (χ3n) is 2.87. The molecular weight excluding hydrogens is 270 g/mol. The lowest BCUT2D eigenvalue weighted by Crippen LogP contribution is -1.92. The number of rotatable bonds is 3. The van der Waals surface area contributed by atoms with Gasteiger partial charge in [0.2, 0.25) is 0 Å². The van der Waals surface area contributed by atoms with Crippen molar-refractivity contribution in [2.24, 2.45) is 5.10 Å². The zero-order valence-corrected chi connectivity index (χ0v) is 11.4. The van der Waals surface area contributed by atoms with Gasteiger partial charge in [0.25, 0.3) is 0 Å². The van der Waals surface area contributed by atoms with Crippen LogP contribution < -0.4 is 5.43 Å². The average Bonchev–Trinajstić information content (AvgIpc) is 2.48. The molecule has 0 saturated carbocycles. The molecule has 0 aliphatic heterocycles. The van der Waals surface area contributed by atoms with Crippen LogP contribution in [0.1, 0.15) is 5.56 Å². The van der Waals surface area contributed by atoms with Crippen LogP contribution in [0.4, 0.5) is 5.69 Å². The fraction of sp³-hybridized carbons (Fsp3) is 0. The molecule has 1 heterocycles. The Labute approximate surface area is 121 Å². The number of fused-ring (bicyclic) bond motifs is 1. The van der Waals surface area contributed by atoms with E-state index in [0.717, 1.165) is 22.2 Å². The number of halogens is 1. The summed E-state index contributed by atoms with van der Waals surface area (Å²) in [6.07, 6.45) is 3.49. The molecule has 0 aliphatic rings. The summed E-state index contributed by atoms with van der Waals surface area (Å²) in [4.78, 5) is 4.37. The molecule has 98 valence electrons. The van der Waals surface area contributed by atoms with Crippen molar-refractivity contribution in [1.29, 1.82) is 0 Å². The Kier molecular flexibility index (Phi) is 3.61. The van der Waals surface area contributed by atoms with Gasteiger partial charge < -0.3 is 0 Å². The lowest BCUT2D eigenvalue weighted by Gasteiger charge is -2.03. The molecular formula is C16H12ClN3. The summed E-state index contributed by atoms with van der Waals surface area (Å²) in [6, 6.07) is 17.4. The molecule has 3 aromatic rings. The first-order valence-electron chi connectivity index (χ1n) is 6.21. The van der Waals surface area contributed by atoms with Crippen molar-refractivity contribution >= 4 is 34.4 Å². The van der Waals surface area contributed by atoms with Gasteiger partial charge in [-0.25, -0.2) is 0 Å². The van der Waals surface area contributed by atoms with Crippen molar-refractivity contribution in [3.8, 4) is 0 Å². The predicted octanol–water partition coefficient (Wildman–Crippen LogP) is 4.33. The van der Waals surface area contributed by atoms with Crippen molar-refractivity contribution in [2.45, 2.75) is 0 Å². The second kappa shape index (κ2) is 5.72. The van der Waals surface area contributed by atoms with Gasteiger partial charge in [0.1, 0.15) is 0 Å². The summed E-state index contributed by atoms with van der Waals surface area (Å²) in [6.45, 7) is 0. The zero-order chi connectivity index (χ0) is 13.8. The van der Waals surface area contributed by atoms with Crippen LogP contribution in [0.5, 0.6) is 0 Å². The monoisotopic (exact) mass is 281 g/mol. The number of para-hydroxylation sites is 1. The third-order valence-corrected chi connectivity index (χ3v) is 3.09. The van der Waals surface area contributed by atoms with Gasteiger partial charge in [-0.15, -0.1) is 0 Å². The maximum atomic E-state index is 6.11. The van der Waals surface area contributed by atoms with Crippen molar-refractivity contribution in [2.75, 3.05) is 5.43 Å². The first-order valence-corrected chi connectivity index (χ1v) is 6.59. The second-order valence-corrected chi connectivity index (χ2v) is 4.74. The van der Waals surface area contributed by atoms with Crippen LogP contribution in [0.15, 0.2) is 65.9 Å². The molecule has 4 heteroatoms. The van der Waals surface area contributed by atoms with Gasteiger partial charge in [-0.05, 0) is 30.3 Å². The molecule has 0 unspecified atom stereocenters. The molecule has 0 amide bonds. The lowest BCUT2D eigenvalue weighted by atomic mass is 10.1. The van der Waals surface area contributed by atoms with Gasteiger partial charge in [0.15, 0.2) is 0 Å². The van der Waals surface area contributed by atoms with Gasteiger partial charge in [-0.2, -0.15) is 5.10 Å². The third kappa shape index (κ3) is 2.78. The molecule has 3 rings (SSSR count). The number of pyridine rings is 1. The number of aromatic nitrogens is 1. The molecule has 0 spiro atoms. The van der Waals surface area contributed by atoms with Gasteiger partial charge in [-0.3, -0.25) is 10.4 Å². The van der Waals surface area contributed by atoms with E-state index in [1.165, 1.54) is 0 Å². The van der Waals surface area contributed by atoms with E-state index in [-0.39, 0.29) is 0 Å². The fourth-order valence-electron chi connectivity index (χ4n) is 1.97. The number of hydrogen-bond donors (Lipinski definition) is 1. The first-order chi connectivity index (χ1) is 9.83. The van der Waals surface area contributed by atoms with E-state index in [1.54, 1.807) is 12.4 Å². The minimum atomic E-state index is 0.673. The summed E-state index contributed by atoms with van der Waals surface area (Å²) in [7, 11) is 0. The standard InChI is InChI=1S/C16H12ClN3/c17-14-9-12-5-4-8-18-16(12)13(10-14)11-19-20-15-6-2-1-3-7-15/h1-11,20H. The highest BCUT2D eigenvalue weighted by atomic mass is 35.5. The molecule has 0 saturated heterocycles. The molecule has 0 fully saturated rings. The molecule has 0 atom stereocenters. The van der Waals surface area contributed by atoms with Crippen molar-refractivity contribution in [3.63, 3.8) is 0 Å². The van der Waals surface area contributed by atoms with E-state index >= 15 is 0 Å². The average molecular weight is 282 g/mol. The van der Waals surface area contributed by atoms with Crippen LogP contribution in [0.3, 0.4) is 0 Å². The summed E-state index contributed by atoms with van der Waals surface area (Å²) in [5.74, 6) is 0. The lowest BCUT2D eigenvalue weighted by molar-refractivity contribution is 1.35. The predicted molar refractivity (Wildman–Crippen MR) is 84.4 cm³/mol. The number of anilines is 1. The first kappa shape index (κ1) is 12.6. The molecule has 0 radical (unpaired) electrons. The van der Waals surface area contributed by atoms with E-state index < -0.39 is 0 Å². The van der Waals surface area contributed by atoms with Gasteiger partial charge in [0, 0.05) is 22.2 Å². The highest BCUT2D eigenvalue weighted by Crippen LogP contribution is 2.21. The van der Waals surface area contributed by atoms with Crippen LogP contribution >= 0.6 is 11.6 Å². The van der Waals surface area contributed by atoms with E-state index in [1.807, 2.05) is 54.6 Å². The number of hydrazone groups is 1. The quantitative estimate of drug-likeness (QED) is 0.573. The Morgan fingerprint density at radius 2 is 1.90 bits per heavy atom. The van der Waals surface area contributed by atoms with Gasteiger partial charge in [-0.1, -0.05) is 35.9 Å². The van der Waals surface area contributed by atoms with Crippen molar-refractivity contribution in [3.05, 3.63) is 71.4 Å².